The summed E-state index contributed by atoms with van der Waals surface area (Å²) >= 11 is 0. The Balaban J connectivity index is 2.80. The van der Waals surface area contributed by atoms with Crippen LogP contribution in [0.2, 0.25) is 0 Å². The monoisotopic (exact) mass is 288 g/mol. The van der Waals surface area contributed by atoms with E-state index in [-0.39, 0.29) is 11.5 Å². The summed E-state index contributed by atoms with van der Waals surface area (Å²) in [7, 11) is 1.96. The third-order valence-electron chi connectivity index (χ3n) is 3.61. The molecule has 1 atom stereocenters. The fourth-order valence-corrected chi connectivity index (χ4v) is 2.08. The van der Waals surface area contributed by atoms with Crippen molar-refractivity contribution >= 4 is 0 Å². The number of hydrogen-bond acceptors (Lipinski definition) is 2. The molecule has 2 nitrogen and oxygen atoms in total. The smallest absolute Gasteiger partial charge is 0.330 e. The molecule has 114 valence electrons. The van der Waals surface area contributed by atoms with Gasteiger partial charge in [-0.2, -0.15) is 13.2 Å². The second kappa shape index (κ2) is 6.14. The Morgan fingerprint density at radius 3 is 2.05 bits per heavy atom. The van der Waals surface area contributed by atoms with Gasteiger partial charge < -0.3 is 5.73 Å². The molecule has 0 aliphatic rings. The molecule has 0 amide bonds. The van der Waals surface area contributed by atoms with Crippen molar-refractivity contribution in [2.75, 3.05) is 20.1 Å². The highest BCUT2D eigenvalue weighted by Gasteiger charge is 2.30. The Hall–Kier alpha value is -1.07. The van der Waals surface area contributed by atoms with Crippen molar-refractivity contribution in [3.63, 3.8) is 0 Å². The predicted octanol–water partition coefficient (Wildman–Crippen LogP) is 3.68. The molecule has 0 radical (unpaired) electrons. The second-order valence-electron chi connectivity index (χ2n) is 6.08. The zero-order chi connectivity index (χ0) is 15.6. The van der Waals surface area contributed by atoms with Crippen molar-refractivity contribution in [2.24, 2.45) is 11.1 Å². The lowest BCUT2D eigenvalue weighted by atomic mass is 9.92. The maximum atomic E-state index is 12.5. The molecule has 1 unspecified atom stereocenters. The molecule has 1 aromatic carbocycles. The van der Waals surface area contributed by atoms with Crippen LogP contribution in [0.5, 0.6) is 0 Å². The van der Waals surface area contributed by atoms with Gasteiger partial charge in [0, 0.05) is 12.6 Å². The molecule has 0 aliphatic heterocycles. The second-order valence-corrected chi connectivity index (χ2v) is 6.08. The minimum absolute atomic E-state index is 0.0189. The van der Waals surface area contributed by atoms with Gasteiger partial charge >= 0.3 is 6.18 Å². The van der Waals surface area contributed by atoms with Gasteiger partial charge in [-0.05, 0) is 43.6 Å². The molecule has 1 rings (SSSR count). The fraction of sp³-hybridized carbons (Fsp3) is 0.600. The summed E-state index contributed by atoms with van der Waals surface area (Å²) in [5, 5.41) is 0. The van der Waals surface area contributed by atoms with Crippen LogP contribution in [0.3, 0.4) is 0 Å². The lowest BCUT2D eigenvalue weighted by Gasteiger charge is -2.33. The van der Waals surface area contributed by atoms with Gasteiger partial charge in [-0.25, -0.2) is 0 Å². The van der Waals surface area contributed by atoms with Crippen molar-refractivity contribution in [1.29, 1.82) is 0 Å². The highest BCUT2D eigenvalue weighted by molar-refractivity contribution is 5.26. The zero-order valence-electron chi connectivity index (χ0n) is 12.5. The average molecular weight is 288 g/mol. The highest BCUT2D eigenvalue weighted by Crippen LogP contribution is 2.31. The zero-order valence-corrected chi connectivity index (χ0v) is 12.5. The van der Waals surface area contributed by atoms with E-state index < -0.39 is 11.7 Å². The molecule has 0 bridgehead atoms. The molecule has 0 heterocycles. The van der Waals surface area contributed by atoms with Gasteiger partial charge in [-0.3, -0.25) is 4.90 Å². The summed E-state index contributed by atoms with van der Waals surface area (Å²) in [4.78, 5) is 2.11. The Labute approximate surface area is 118 Å². The first kappa shape index (κ1) is 17.0. The van der Waals surface area contributed by atoms with Crippen LogP contribution in [-0.2, 0) is 6.18 Å². The largest absolute Gasteiger partial charge is 0.416 e. The van der Waals surface area contributed by atoms with Gasteiger partial charge in [-0.1, -0.05) is 26.0 Å². The van der Waals surface area contributed by atoms with Gasteiger partial charge in [0.05, 0.1) is 5.56 Å². The number of benzene rings is 1. The molecule has 0 aromatic heterocycles. The molecular weight excluding hydrogens is 265 g/mol. The van der Waals surface area contributed by atoms with Crippen LogP contribution in [0.15, 0.2) is 24.3 Å². The van der Waals surface area contributed by atoms with Gasteiger partial charge in [0.2, 0.25) is 0 Å². The first-order valence-corrected chi connectivity index (χ1v) is 6.64. The number of hydrogen-bond donors (Lipinski definition) is 1. The number of halogens is 3. The lowest BCUT2D eigenvalue weighted by molar-refractivity contribution is -0.137. The molecule has 0 fully saturated rings. The van der Waals surface area contributed by atoms with E-state index in [0.29, 0.717) is 6.54 Å². The summed E-state index contributed by atoms with van der Waals surface area (Å²) in [5.41, 5.74) is 5.95. The van der Waals surface area contributed by atoms with E-state index >= 15 is 0 Å². The molecule has 5 heteroatoms. The SMILES string of the molecule is CC(c1ccc(C(F)(F)F)cc1)N(C)CC(C)(C)CN. The fourth-order valence-electron chi connectivity index (χ4n) is 2.08. The van der Waals surface area contributed by atoms with Crippen LogP contribution in [0.25, 0.3) is 0 Å². The molecule has 0 aliphatic carbocycles. The van der Waals surface area contributed by atoms with E-state index in [0.717, 1.165) is 24.2 Å². The van der Waals surface area contributed by atoms with Crippen molar-refractivity contribution in [3.8, 4) is 0 Å². The molecule has 0 saturated heterocycles. The highest BCUT2D eigenvalue weighted by atomic mass is 19.4. The Kier molecular flexibility index (Phi) is 5.21. The van der Waals surface area contributed by atoms with Gasteiger partial charge in [0.25, 0.3) is 0 Å². The minimum atomic E-state index is -4.28. The van der Waals surface area contributed by atoms with Crippen molar-refractivity contribution in [1.82, 2.24) is 4.90 Å². The van der Waals surface area contributed by atoms with E-state index in [4.69, 9.17) is 5.73 Å². The molecule has 0 saturated carbocycles. The van der Waals surface area contributed by atoms with E-state index in [2.05, 4.69) is 18.7 Å². The Morgan fingerprint density at radius 1 is 1.15 bits per heavy atom. The molecule has 1 aromatic rings. The van der Waals surface area contributed by atoms with Crippen LogP contribution in [0.1, 0.15) is 37.9 Å². The summed E-state index contributed by atoms with van der Waals surface area (Å²) in [6.07, 6.45) is -4.28. The summed E-state index contributed by atoms with van der Waals surface area (Å²) in [6.45, 7) is 7.48. The first-order chi connectivity index (χ1) is 9.07. The normalized spacial score (nSPS) is 14.7. The summed E-state index contributed by atoms with van der Waals surface area (Å²) in [6, 6.07) is 5.39. The molecular formula is C15H23F3N2. The van der Waals surface area contributed by atoms with E-state index in [1.165, 1.54) is 0 Å². The lowest BCUT2D eigenvalue weighted by Crippen LogP contribution is -2.37. The third kappa shape index (κ3) is 4.49. The van der Waals surface area contributed by atoms with Crippen LogP contribution < -0.4 is 5.73 Å². The standard InChI is InChI=1S/C15H23F3N2/c1-11(20(4)10-14(2,3)9-19)12-5-7-13(8-6-12)15(16,17)18/h5-8,11H,9-10,19H2,1-4H3. The van der Waals surface area contributed by atoms with Crippen LogP contribution in [-0.4, -0.2) is 25.0 Å². The Bertz CT molecular complexity index is 424. The van der Waals surface area contributed by atoms with Crippen molar-refractivity contribution in [2.45, 2.75) is 33.0 Å². The van der Waals surface area contributed by atoms with Crippen LogP contribution >= 0.6 is 0 Å². The number of nitrogens with two attached hydrogens (primary N) is 1. The number of nitrogens with zero attached hydrogens (tertiary/aromatic N) is 1. The van der Waals surface area contributed by atoms with Gasteiger partial charge in [-0.15, -0.1) is 0 Å². The average Bonchev–Trinajstić information content (AvgIpc) is 2.36. The number of rotatable bonds is 5. The van der Waals surface area contributed by atoms with E-state index in [1.807, 2.05) is 14.0 Å². The molecule has 0 spiro atoms. The molecule has 20 heavy (non-hydrogen) atoms. The van der Waals surface area contributed by atoms with E-state index in [9.17, 15) is 13.2 Å². The quantitative estimate of drug-likeness (QED) is 0.895. The maximum Gasteiger partial charge on any atom is 0.416 e. The van der Waals surface area contributed by atoms with Gasteiger partial charge in [0.15, 0.2) is 0 Å². The van der Waals surface area contributed by atoms with Crippen LogP contribution in [0, 0.1) is 5.41 Å². The van der Waals surface area contributed by atoms with E-state index in [1.54, 1.807) is 12.1 Å². The maximum absolute atomic E-state index is 12.5. The van der Waals surface area contributed by atoms with Crippen LogP contribution in [0.4, 0.5) is 13.2 Å². The number of alkyl halides is 3. The van der Waals surface area contributed by atoms with Crippen molar-refractivity contribution < 1.29 is 13.2 Å². The summed E-state index contributed by atoms with van der Waals surface area (Å²) in [5.74, 6) is 0. The third-order valence-corrected chi connectivity index (χ3v) is 3.61. The van der Waals surface area contributed by atoms with Gasteiger partial charge in [0.1, 0.15) is 0 Å². The molecule has 2 N–H and O–H groups in total. The van der Waals surface area contributed by atoms with Crippen molar-refractivity contribution in [3.05, 3.63) is 35.4 Å². The Morgan fingerprint density at radius 2 is 1.65 bits per heavy atom. The summed E-state index contributed by atoms with van der Waals surface area (Å²) < 4.78 is 37.6. The first-order valence-electron chi connectivity index (χ1n) is 6.64. The topological polar surface area (TPSA) is 29.3 Å². The predicted molar refractivity (Wildman–Crippen MR) is 75.3 cm³/mol. The minimum Gasteiger partial charge on any atom is -0.330 e.